The van der Waals surface area contributed by atoms with E-state index in [-0.39, 0.29) is 0 Å². The van der Waals surface area contributed by atoms with Crippen molar-refractivity contribution >= 4 is 0 Å². The fourth-order valence-electron chi connectivity index (χ4n) is 0.981. The Balaban J connectivity index is 2.57. The van der Waals surface area contributed by atoms with Crippen LogP contribution >= 0.6 is 0 Å². The fraction of sp³-hybridized carbons (Fsp3) is 0.444. The third kappa shape index (κ3) is 2.80. The van der Waals surface area contributed by atoms with Gasteiger partial charge in [-0.3, -0.25) is 4.68 Å². The van der Waals surface area contributed by atoms with Gasteiger partial charge in [-0.05, 0) is 12.5 Å². The number of unbranched alkanes of at least 4 members (excludes halogenated alkanes) is 1. The molecule has 0 amide bonds. The Labute approximate surface area is 79.7 Å². The highest BCUT2D eigenvalue weighted by Crippen LogP contribution is 2.27. The maximum Gasteiger partial charge on any atom is 0.435 e. The van der Waals surface area contributed by atoms with Crippen molar-refractivity contribution in [1.29, 1.82) is 0 Å². The first-order chi connectivity index (χ1) is 6.54. The van der Waals surface area contributed by atoms with Crippen LogP contribution < -0.4 is 0 Å². The molecule has 0 aliphatic carbocycles. The summed E-state index contributed by atoms with van der Waals surface area (Å²) in [5.74, 6) is 2.41. The minimum atomic E-state index is -4.36. The van der Waals surface area contributed by atoms with E-state index in [0.29, 0.717) is 19.4 Å². The number of alkyl halides is 3. The number of hydrogen-bond acceptors (Lipinski definition) is 1. The summed E-state index contributed by atoms with van der Waals surface area (Å²) in [5.41, 5.74) is -0.863. The molecule has 1 aromatic rings. The van der Waals surface area contributed by atoms with E-state index < -0.39 is 11.9 Å². The van der Waals surface area contributed by atoms with Crippen molar-refractivity contribution in [3.05, 3.63) is 18.0 Å². The molecule has 1 rings (SSSR count). The third-order valence-corrected chi connectivity index (χ3v) is 1.64. The van der Waals surface area contributed by atoms with Crippen LogP contribution in [0.15, 0.2) is 12.3 Å². The standard InChI is InChI=1S/C9H9F3N2/c1-2-3-4-6-14-7-5-8(13-14)9(10,11)12/h1,5,7H,3-4,6H2. The van der Waals surface area contributed by atoms with Crippen LogP contribution in [0.2, 0.25) is 0 Å². The van der Waals surface area contributed by atoms with Crippen molar-refractivity contribution in [1.82, 2.24) is 9.78 Å². The Morgan fingerprint density at radius 1 is 1.50 bits per heavy atom. The Morgan fingerprint density at radius 2 is 2.21 bits per heavy atom. The summed E-state index contributed by atoms with van der Waals surface area (Å²) in [6.07, 6.45) is 3.13. The van der Waals surface area contributed by atoms with Crippen LogP contribution in [-0.4, -0.2) is 9.78 Å². The van der Waals surface area contributed by atoms with E-state index in [0.717, 1.165) is 6.07 Å². The van der Waals surface area contributed by atoms with Crippen molar-refractivity contribution in [2.24, 2.45) is 0 Å². The number of halogens is 3. The SMILES string of the molecule is C#CCCCn1ccc(C(F)(F)F)n1. The largest absolute Gasteiger partial charge is 0.435 e. The average Bonchev–Trinajstić information content (AvgIpc) is 2.52. The zero-order chi connectivity index (χ0) is 10.6. The predicted molar refractivity (Wildman–Crippen MR) is 45.3 cm³/mol. The first-order valence-corrected chi connectivity index (χ1v) is 4.08. The Hall–Kier alpha value is -1.44. The van der Waals surface area contributed by atoms with Gasteiger partial charge in [-0.1, -0.05) is 0 Å². The molecule has 0 unspecified atom stereocenters. The molecule has 0 spiro atoms. The molecule has 0 saturated heterocycles. The Bertz CT molecular complexity index is 333. The summed E-state index contributed by atoms with van der Waals surface area (Å²) in [5, 5.41) is 3.38. The van der Waals surface area contributed by atoms with E-state index >= 15 is 0 Å². The second-order valence-electron chi connectivity index (χ2n) is 2.77. The summed E-state index contributed by atoms with van der Waals surface area (Å²) in [6.45, 7) is 0.417. The quantitative estimate of drug-likeness (QED) is 0.543. The van der Waals surface area contributed by atoms with Gasteiger partial charge in [0.25, 0.3) is 0 Å². The monoisotopic (exact) mass is 202 g/mol. The smallest absolute Gasteiger partial charge is 0.272 e. The Morgan fingerprint density at radius 3 is 2.71 bits per heavy atom. The summed E-state index contributed by atoms with van der Waals surface area (Å²) in [7, 11) is 0. The van der Waals surface area contributed by atoms with Gasteiger partial charge in [0, 0.05) is 19.2 Å². The molecule has 0 aliphatic heterocycles. The number of aromatic nitrogens is 2. The molecule has 0 aliphatic rings. The molecule has 1 aromatic heterocycles. The molecule has 76 valence electrons. The molecule has 0 fully saturated rings. The van der Waals surface area contributed by atoms with Gasteiger partial charge >= 0.3 is 6.18 Å². The van der Waals surface area contributed by atoms with E-state index in [1.54, 1.807) is 0 Å². The molecular weight excluding hydrogens is 193 g/mol. The molecule has 0 aromatic carbocycles. The van der Waals surface area contributed by atoms with Gasteiger partial charge in [-0.2, -0.15) is 18.3 Å². The summed E-state index contributed by atoms with van der Waals surface area (Å²) < 4.78 is 37.5. The highest BCUT2D eigenvalue weighted by atomic mass is 19.4. The van der Waals surface area contributed by atoms with Gasteiger partial charge in [0.2, 0.25) is 0 Å². The van der Waals surface area contributed by atoms with Gasteiger partial charge in [0.1, 0.15) is 0 Å². The first kappa shape index (κ1) is 10.6. The molecule has 0 radical (unpaired) electrons. The minimum Gasteiger partial charge on any atom is -0.272 e. The molecule has 5 heteroatoms. The summed E-state index contributed by atoms with van der Waals surface area (Å²) >= 11 is 0. The van der Waals surface area contributed by atoms with Crippen LogP contribution in [0.1, 0.15) is 18.5 Å². The molecule has 0 atom stereocenters. The zero-order valence-electron chi connectivity index (χ0n) is 7.38. The topological polar surface area (TPSA) is 17.8 Å². The lowest BCUT2D eigenvalue weighted by Crippen LogP contribution is -2.08. The lowest BCUT2D eigenvalue weighted by Gasteiger charge is -2.01. The van der Waals surface area contributed by atoms with Crippen LogP contribution in [0.25, 0.3) is 0 Å². The van der Waals surface area contributed by atoms with Crippen molar-refractivity contribution in [2.45, 2.75) is 25.6 Å². The van der Waals surface area contributed by atoms with E-state index in [1.165, 1.54) is 10.9 Å². The third-order valence-electron chi connectivity index (χ3n) is 1.64. The lowest BCUT2D eigenvalue weighted by molar-refractivity contribution is -0.141. The molecule has 14 heavy (non-hydrogen) atoms. The minimum absolute atomic E-state index is 0.417. The molecule has 2 nitrogen and oxygen atoms in total. The van der Waals surface area contributed by atoms with E-state index in [9.17, 15) is 13.2 Å². The molecular formula is C9H9F3N2. The maximum atomic E-state index is 12.1. The van der Waals surface area contributed by atoms with Crippen LogP contribution in [0.4, 0.5) is 13.2 Å². The van der Waals surface area contributed by atoms with Crippen molar-refractivity contribution in [3.63, 3.8) is 0 Å². The lowest BCUT2D eigenvalue weighted by atomic mass is 10.3. The van der Waals surface area contributed by atoms with Crippen LogP contribution in [0.3, 0.4) is 0 Å². The van der Waals surface area contributed by atoms with Crippen LogP contribution in [0, 0.1) is 12.3 Å². The van der Waals surface area contributed by atoms with Crippen molar-refractivity contribution < 1.29 is 13.2 Å². The summed E-state index contributed by atoms with van der Waals surface area (Å²) in [6, 6.07) is 0.954. The molecule has 1 heterocycles. The van der Waals surface area contributed by atoms with E-state index in [2.05, 4.69) is 11.0 Å². The summed E-state index contributed by atoms with van der Waals surface area (Å²) in [4.78, 5) is 0. The highest BCUT2D eigenvalue weighted by molar-refractivity contribution is 5.03. The number of hydrogen-bond donors (Lipinski definition) is 0. The van der Waals surface area contributed by atoms with Crippen LogP contribution in [-0.2, 0) is 12.7 Å². The maximum absolute atomic E-state index is 12.1. The van der Waals surface area contributed by atoms with E-state index in [1.807, 2.05) is 0 Å². The number of nitrogens with zero attached hydrogens (tertiary/aromatic N) is 2. The molecule has 0 N–H and O–H groups in total. The number of terminal acetylenes is 1. The van der Waals surface area contributed by atoms with Gasteiger partial charge in [-0.25, -0.2) is 0 Å². The zero-order valence-corrected chi connectivity index (χ0v) is 7.38. The van der Waals surface area contributed by atoms with Crippen molar-refractivity contribution in [3.8, 4) is 12.3 Å². The predicted octanol–water partition coefficient (Wildman–Crippen LogP) is 2.32. The van der Waals surface area contributed by atoms with Gasteiger partial charge in [-0.15, -0.1) is 12.3 Å². The van der Waals surface area contributed by atoms with Crippen LogP contribution in [0.5, 0.6) is 0 Å². The number of aryl methyl sites for hydroxylation is 1. The molecule has 0 bridgehead atoms. The Kier molecular flexibility index (Phi) is 3.18. The van der Waals surface area contributed by atoms with Gasteiger partial charge < -0.3 is 0 Å². The average molecular weight is 202 g/mol. The van der Waals surface area contributed by atoms with Crippen molar-refractivity contribution in [2.75, 3.05) is 0 Å². The first-order valence-electron chi connectivity index (χ1n) is 4.08. The second-order valence-corrected chi connectivity index (χ2v) is 2.77. The highest BCUT2D eigenvalue weighted by Gasteiger charge is 2.33. The molecule has 0 saturated carbocycles. The number of rotatable bonds is 3. The fourth-order valence-corrected chi connectivity index (χ4v) is 0.981. The van der Waals surface area contributed by atoms with E-state index in [4.69, 9.17) is 6.42 Å². The second kappa shape index (κ2) is 4.18. The van der Waals surface area contributed by atoms with Gasteiger partial charge in [0.05, 0.1) is 0 Å². The van der Waals surface area contributed by atoms with Gasteiger partial charge in [0.15, 0.2) is 5.69 Å². The normalized spacial score (nSPS) is 11.3.